The van der Waals surface area contributed by atoms with Crippen molar-refractivity contribution in [2.24, 2.45) is 0 Å². The van der Waals surface area contributed by atoms with Crippen molar-refractivity contribution >= 4 is 40.6 Å². The molecule has 0 spiro atoms. The van der Waals surface area contributed by atoms with Crippen LogP contribution in [0.2, 0.25) is 0 Å². The van der Waals surface area contributed by atoms with E-state index in [1.165, 1.54) is 0 Å². The topological polar surface area (TPSA) is 37.3 Å². The largest absolute Gasteiger partial charge is 2.00 e. The molecule has 11 heavy (non-hydrogen) atoms. The van der Waals surface area contributed by atoms with Crippen LogP contribution in [0.4, 0.5) is 17.6 Å². The van der Waals surface area contributed by atoms with Crippen molar-refractivity contribution in [3.8, 4) is 0 Å². The van der Waals surface area contributed by atoms with Gasteiger partial charge in [-0.25, -0.2) is 9.18 Å². The van der Waals surface area contributed by atoms with Gasteiger partial charge in [0.1, 0.15) is 0 Å². The molecule has 1 atom stereocenters. The van der Waals surface area contributed by atoms with Gasteiger partial charge in [-0.2, -0.15) is 13.2 Å². The number of hydrogen-bond acceptors (Lipinski definition) is 1. The summed E-state index contributed by atoms with van der Waals surface area (Å²) < 4.78 is 45.3. The molecule has 0 heterocycles. The molecule has 0 aromatic carbocycles. The maximum absolute atomic E-state index is 11.8. The fourth-order valence-corrected chi connectivity index (χ4v) is 0.121. The third kappa shape index (κ3) is 3.00. The zero-order valence-electron chi connectivity index (χ0n) is 6.95. The Morgan fingerprint density at radius 1 is 1.36 bits per heavy atom. The van der Waals surface area contributed by atoms with Gasteiger partial charge in [0.05, 0.1) is 0 Å². The van der Waals surface area contributed by atoms with E-state index < -0.39 is 17.3 Å². The molecule has 0 aliphatic carbocycles. The van der Waals surface area contributed by atoms with Crippen LogP contribution < -0.4 is 0 Å². The fourth-order valence-electron chi connectivity index (χ4n) is 0.121. The molecule has 0 rings (SSSR count). The molecule has 0 saturated heterocycles. The minimum Gasteiger partial charge on any atom is -1.00 e. The van der Waals surface area contributed by atoms with Gasteiger partial charge < -0.3 is 7.96 Å². The number of hydrogen-bond donors (Lipinski definition) is 1. The van der Waals surface area contributed by atoms with Crippen molar-refractivity contribution in [1.29, 1.82) is 0 Å². The summed E-state index contributed by atoms with van der Waals surface area (Å²) in [6.45, 7) is 0. The van der Waals surface area contributed by atoms with Gasteiger partial charge in [-0.15, -0.1) is 0 Å². The van der Waals surface area contributed by atoms with Crippen molar-refractivity contribution in [3.05, 3.63) is 0 Å². The third-order valence-corrected chi connectivity index (χ3v) is 1.00. The number of rotatable bonds is 1. The smallest absolute Gasteiger partial charge is 1.00 e. The number of carboxylic acid groups (broad SMARTS) is 1. The first-order chi connectivity index (χ1) is 4.19. The van der Waals surface area contributed by atoms with Crippen molar-refractivity contribution in [3.63, 3.8) is 0 Å². The molecule has 8 heteroatoms. The van der Waals surface area contributed by atoms with E-state index >= 15 is 0 Å². The minimum absolute atomic E-state index is 0. The van der Waals surface area contributed by atoms with Crippen molar-refractivity contribution in [1.82, 2.24) is 0 Å². The Balaban J connectivity index is -0.000000135. The number of halogens is 5. The molecule has 1 unspecified atom stereocenters. The van der Waals surface area contributed by atoms with E-state index in [-0.39, 0.29) is 25.9 Å². The van der Waals surface area contributed by atoms with E-state index in [9.17, 15) is 22.4 Å². The number of carbonyl (C=O) groups is 1. The zero-order valence-corrected chi connectivity index (χ0v) is 7.12. The van der Waals surface area contributed by atoms with E-state index in [2.05, 4.69) is 11.6 Å². The predicted molar refractivity (Wildman–Crippen MR) is 31.4 cm³/mol. The van der Waals surface area contributed by atoms with Crippen LogP contribution in [-0.2, 0) is 4.79 Å². The Bertz CT molecular complexity index is 164. The summed E-state index contributed by atoms with van der Waals surface area (Å²) >= 11 is 3.96. The molecule has 0 saturated carbocycles. The van der Waals surface area contributed by atoms with Crippen LogP contribution in [0.5, 0.6) is 0 Å². The second-order valence-corrected chi connectivity index (χ2v) is 1.90. The Hall–Kier alpha value is 0.246. The van der Waals surface area contributed by atoms with Crippen molar-refractivity contribution < 1.29 is 30.3 Å². The average molecular weight is 207 g/mol. The first-order valence-corrected chi connectivity index (χ1v) is 2.25. The summed E-state index contributed by atoms with van der Waals surface area (Å²) in [5.41, 5.74) is 0. The molecule has 0 amide bonds. The summed E-state index contributed by atoms with van der Waals surface area (Å²) in [5, 5.41) is 2.88. The standard InChI is InChI=1S/C3HClF4O2.Mg.2H/c4-2(5,1(9)10)3(6,7)8;;;/h(H,9,10);;;/q;+2;2*-1. The van der Waals surface area contributed by atoms with Crippen LogP contribution in [0.15, 0.2) is 0 Å². The molecule has 2 nitrogen and oxygen atoms in total. The Morgan fingerprint density at radius 2 is 1.64 bits per heavy atom. The summed E-state index contributed by atoms with van der Waals surface area (Å²) in [7, 11) is 0. The van der Waals surface area contributed by atoms with Crippen molar-refractivity contribution in [2.75, 3.05) is 0 Å². The number of alkyl halides is 5. The SMILES string of the molecule is O=C(O)C(F)(Cl)C(F)(F)F.[H-].[H-].[Mg+2]. The molecule has 0 radical (unpaired) electrons. The van der Waals surface area contributed by atoms with Crippen molar-refractivity contribution in [2.45, 2.75) is 11.3 Å². The molecule has 0 aliphatic rings. The molecule has 0 fully saturated rings. The molecule has 0 aromatic heterocycles. The van der Waals surface area contributed by atoms with Gasteiger partial charge in [0, 0.05) is 0 Å². The first-order valence-electron chi connectivity index (χ1n) is 1.87. The predicted octanol–water partition coefficient (Wildman–Crippen LogP) is 1.38. The molecule has 1 N–H and O–H groups in total. The van der Waals surface area contributed by atoms with Gasteiger partial charge in [-0.05, 0) is 0 Å². The van der Waals surface area contributed by atoms with Crippen LogP contribution in [0, 0.1) is 0 Å². The molecule has 64 valence electrons. The molecule has 0 aromatic rings. The van der Waals surface area contributed by atoms with Gasteiger partial charge in [0.2, 0.25) is 0 Å². The Labute approximate surface area is 82.6 Å². The Morgan fingerprint density at radius 3 is 1.64 bits per heavy atom. The second kappa shape index (κ2) is 3.77. The van der Waals surface area contributed by atoms with E-state index in [0.717, 1.165) is 0 Å². The van der Waals surface area contributed by atoms with Crippen LogP contribution in [0.1, 0.15) is 2.85 Å². The zero-order chi connectivity index (χ0) is 8.58. The maximum Gasteiger partial charge on any atom is 2.00 e. The summed E-state index contributed by atoms with van der Waals surface area (Å²) in [4.78, 5) is 9.44. The maximum atomic E-state index is 11.8. The molecule has 0 aliphatic heterocycles. The minimum atomic E-state index is -5.58. The van der Waals surface area contributed by atoms with Gasteiger partial charge in [-0.1, -0.05) is 11.6 Å². The van der Waals surface area contributed by atoms with Crippen LogP contribution in [-0.4, -0.2) is 45.4 Å². The van der Waals surface area contributed by atoms with E-state index in [1.54, 1.807) is 0 Å². The van der Waals surface area contributed by atoms with Gasteiger partial charge in [0.15, 0.2) is 0 Å². The van der Waals surface area contributed by atoms with E-state index in [0.29, 0.717) is 0 Å². The Kier molecular flexibility index (Phi) is 4.73. The molecular weight excluding hydrogens is 204 g/mol. The van der Waals surface area contributed by atoms with Crippen LogP contribution in [0.25, 0.3) is 0 Å². The van der Waals surface area contributed by atoms with Gasteiger partial charge >= 0.3 is 40.3 Å². The van der Waals surface area contributed by atoms with Crippen LogP contribution >= 0.6 is 11.6 Å². The number of carboxylic acids is 1. The third-order valence-electron chi connectivity index (χ3n) is 0.625. The summed E-state index contributed by atoms with van der Waals surface area (Å²) in [5.74, 6) is -2.76. The molecular formula is C3H3ClF4MgO2. The quantitative estimate of drug-likeness (QED) is 0.400. The molecule has 0 bridgehead atoms. The second-order valence-electron chi connectivity index (χ2n) is 1.38. The average Bonchev–Trinajstić information content (AvgIpc) is 1.62. The summed E-state index contributed by atoms with van der Waals surface area (Å²) in [6, 6.07) is 0. The summed E-state index contributed by atoms with van der Waals surface area (Å²) in [6.07, 6.45) is -5.58. The fraction of sp³-hybridized carbons (Fsp3) is 0.667. The van der Waals surface area contributed by atoms with Gasteiger partial charge in [0.25, 0.3) is 0 Å². The van der Waals surface area contributed by atoms with E-state index in [1.807, 2.05) is 0 Å². The first kappa shape index (κ1) is 13.8. The van der Waals surface area contributed by atoms with Gasteiger partial charge in [-0.3, -0.25) is 0 Å². The normalized spacial score (nSPS) is 16.5. The number of aliphatic carboxylic acids is 1. The van der Waals surface area contributed by atoms with E-state index in [4.69, 9.17) is 5.11 Å². The monoisotopic (exact) mass is 206 g/mol. The van der Waals surface area contributed by atoms with Crippen LogP contribution in [0.3, 0.4) is 0 Å².